The first-order valence-corrected chi connectivity index (χ1v) is 7.50. The summed E-state index contributed by atoms with van der Waals surface area (Å²) in [6, 6.07) is 7.73. The highest BCUT2D eigenvalue weighted by molar-refractivity contribution is 7.98. The van der Waals surface area contributed by atoms with Gasteiger partial charge < -0.3 is 10.2 Å². The number of nitrogens with two attached hydrogens (primary N) is 1. The van der Waals surface area contributed by atoms with Gasteiger partial charge >= 0.3 is 0 Å². The van der Waals surface area contributed by atoms with Gasteiger partial charge in [-0.15, -0.1) is 23.1 Å². The zero-order valence-electron chi connectivity index (χ0n) is 9.95. The van der Waals surface area contributed by atoms with Crippen LogP contribution in [-0.4, -0.2) is 9.97 Å². The van der Waals surface area contributed by atoms with Crippen LogP contribution in [-0.2, 0) is 5.75 Å². The highest BCUT2D eigenvalue weighted by atomic mass is 32.2. The van der Waals surface area contributed by atoms with Crippen molar-refractivity contribution in [1.29, 1.82) is 0 Å². The maximum atomic E-state index is 5.54. The molecule has 3 aromatic rings. The summed E-state index contributed by atoms with van der Waals surface area (Å²) < 4.78 is 5.47. The quantitative estimate of drug-likeness (QED) is 0.742. The molecule has 0 saturated heterocycles. The molecule has 0 bridgehead atoms. The summed E-state index contributed by atoms with van der Waals surface area (Å²) in [4.78, 5) is 10.6. The van der Waals surface area contributed by atoms with E-state index in [1.54, 1.807) is 41.6 Å². The second-order valence-electron chi connectivity index (χ2n) is 3.83. The molecule has 0 atom stereocenters. The number of nitrogens with zero attached hydrogens (tertiary/aromatic N) is 2. The summed E-state index contributed by atoms with van der Waals surface area (Å²) in [6.45, 7) is 0. The lowest BCUT2D eigenvalue weighted by atomic mass is 10.5. The molecule has 0 aliphatic rings. The highest BCUT2D eigenvalue weighted by Crippen LogP contribution is 2.26. The van der Waals surface area contributed by atoms with E-state index < -0.39 is 0 Å². The van der Waals surface area contributed by atoms with E-state index in [0.717, 1.165) is 21.2 Å². The van der Waals surface area contributed by atoms with Crippen LogP contribution in [0.3, 0.4) is 0 Å². The van der Waals surface area contributed by atoms with Crippen LogP contribution >= 0.6 is 23.1 Å². The van der Waals surface area contributed by atoms with E-state index in [1.165, 1.54) is 0 Å². The predicted molar refractivity (Wildman–Crippen MR) is 78.0 cm³/mol. The van der Waals surface area contributed by atoms with Crippen LogP contribution in [0.1, 0.15) is 5.69 Å². The molecule has 19 heavy (non-hydrogen) atoms. The van der Waals surface area contributed by atoms with E-state index in [2.05, 4.69) is 9.97 Å². The normalized spacial score (nSPS) is 10.7. The predicted octanol–water partition coefficient (Wildman–Crippen LogP) is 3.67. The molecule has 0 spiro atoms. The number of aromatic nitrogens is 2. The third-order valence-corrected chi connectivity index (χ3v) is 4.30. The SMILES string of the molecule is Nc1ccc(SCc2coc(-c3cccs3)n2)cn1. The lowest BCUT2D eigenvalue weighted by Gasteiger charge is -1.98. The molecule has 0 unspecified atom stereocenters. The van der Waals surface area contributed by atoms with Gasteiger partial charge in [0.05, 0.1) is 10.6 Å². The van der Waals surface area contributed by atoms with Gasteiger partial charge in [0.15, 0.2) is 0 Å². The van der Waals surface area contributed by atoms with Crippen LogP contribution in [0.15, 0.2) is 51.4 Å². The smallest absolute Gasteiger partial charge is 0.236 e. The zero-order valence-corrected chi connectivity index (χ0v) is 11.6. The van der Waals surface area contributed by atoms with E-state index in [4.69, 9.17) is 10.2 Å². The van der Waals surface area contributed by atoms with Gasteiger partial charge in [-0.05, 0) is 23.6 Å². The average Bonchev–Trinajstić information content (AvgIpc) is 3.09. The van der Waals surface area contributed by atoms with Gasteiger partial charge in [0.1, 0.15) is 12.1 Å². The second-order valence-corrected chi connectivity index (χ2v) is 5.83. The Bertz CT molecular complexity index is 647. The number of thioether (sulfide) groups is 1. The maximum absolute atomic E-state index is 5.54. The largest absolute Gasteiger partial charge is 0.444 e. The Morgan fingerprint density at radius 3 is 3.00 bits per heavy atom. The Kier molecular flexibility index (Phi) is 3.52. The van der Waals surface area contributed by atoms with Crippen LogP contribution in [0.2, 0.25) is 0 Å². The molecule has 0 aromatic carbocycles. The Balaban J connectivity index is 1.66. The highest BCUT2D eigenvalue weighted by Gasteiger charge is 2.07. The first-order chi connectivity index (χ1) is 9.31. The first-order valence-electron chi connectivity index (χ1n) is 5.64. The van der Waals surface area contributed by atoms with E-state index in [1.807, 2.05) is 23.6 Å². The van der Waals surface area contributed by atoms with Crippen LogP contribution in [0.5, 0.6) is 0 Å². The van der Waals surface area contributed by atoms with Crippen LogP contribution in [0.4, 0.5) is 5.82 Å². The Morgan fingerprint density at radius 2 is 2.26 bits per heavy atom. The van der Waals surface area contributed by atoms with E-state index in [-0.39, 0.29) is 0 Å². The molecule has 3 rings (SSSR count). The molecule has 0 aliphatic carbocycles. The van der Waals surface area contributed by atoms with Crippen molar-refractivity contribution >= 4 is 28.9 Å². The third kappa shape index (κ3) is 2.97. The van der Waals surface area contributed by atoms with Gasteiger partial charge in [-0.25, -0.2) is 9.97 Å². The van der Waals surface area contributed by atoms with Crippen molar-refractivity contribution in [2.75, 3.05) is 5.73 Å². The summed E-state index contributed by atoms with van der Waals surface area (Å²) in [5, 5.41) is 2.01. The van der Waals surface area contributed by atoms with Crippen LogP contribution in [0.25, 0.3) is 10.8 Å². The third-order valence-electron chi connectivity index (χ3n) is 2.43. The minimum absolute atomic E-state index is 0.533. The van der Waals surface area contributed by atoms with E-state index in [0.29, 0.717) is 11.7 Å². The average molecular weight is 289 g/mol. The van der Waals surface area contributed by atoms with Crippen molar-refractivity contribution in [1.82, 2.24) is 9.97 Å². The molecule has 6 heteroatoms. The van der Waals surface area contributed by atoms with Crippen molar-refractivity contribution in [2.24, 2.45) is 0 Å². The van der Waals surface area contributed by atoms with Crippen LogP contribution in [0, 0.1) is 0 Å². The summed E-state index contributed by atoms with van der Waals surface area (Å²) in [7, 11) is 0. The number of rotatable bonds is 4. The van der Waals surface area contributed by atoms with Crippen molar-refractivity contribution in [3.8, 4) is 10.8 Å². The van der Waals surface area contributed by atoms with Gasteiger partial charge in [0.25, 0.3) is 0 Å². The standard InChI is InChI=1S/C13H11N3OS2/c14-12-4-3-10(6-15-12)19-8-9-7-17-13(16-9)11-2-1-5-18-11/h1-7H,8H2,(H2,14,15). The van der Waals surface area contributed by atoms with Gasteiger partial charge in [-0.1, -0.05) is 6.07 Å². The Labute approximate surface area is 118 Å². The molecular weight excluding hydrogens is 278 g/mol. The Morgan fingerprint density at radius 1 is 1.32 bits per heavy atom. The van der Waals surface area contributed by atoms with Crippen molar-refractivity contribution < 1.29 is 4.42 Å². The first kappa shape index (κ1) is 12.3. The number of pyridine rings is 1. The molecule has 0 amide bonds. The minimum Gasteiger partial charge on any atom is -0.444 e. The fourth-order valence-electron chi connectivity index (χ4n) is 1.52. The van der Waals surface area contributed by atoms with Gasteiger partial charge in [-0.3, -0.25) is 0 Å². The monoisotopic (exact) mass is 289 g/mol. The topological polar surface area (TPSA) is 64.9 Å². The molecule has 2 N–H and O–H groups in total. The summed E-state index contributed by atoms with van der Waals surface area (Å²) in [5.41, 5.74) is 6.47. The fraction of sp³-hybridized carbons (Fsp3) is 0.0769. The number of anilines is 1. The molecule has 96 valence electrons. The number of hydrogen-bond donors (Lipinski definition) is 1. The molecule has 3 heterocycles. The second kappa shape index (κ2) is 5.46. The lowest BCUT2D eigenvalue weighted by molar-refractivity contribution is 0.575. The number of nitrogen functional groups attached to an aromatic ring is 1. The zero-order chi connectivity index (χ0) is 13.1. The minimum atomic E-state index is 0.533. The maximum Gasteiger partial charge on any atom is 0.236 e. The van der Waals surface area contributed by atoms with Crippen molar-refractivity contribution in [2.45, 2.75) is 10.6 Å². The fourth-order valence-corrected chi connectivity index (χ4v) is 2.92. The van der Waals surface area contributed by atoms with E-state index in [9.17, 15) is 0 Å². The molecule has 0 aliphatic heterocycles. The van der Waals surface area contributed by atoms with Gasteiger partial charge in [-0.2, -0.15) is 0 Å². The molecule has 4 nitrogen and oxygen atoms in total. The van der Waals surface area contributed by atoms with Crippen molar-refractivity contribution in [3.63, 3.8) is 0 Å². The van der Waals surface area contributed by atoms with Gasteiger partial charge in [0.2, 0.25) is 5.89 Å². The van der Waals surface area contributed by atoms with Gasteiger partial charge in [0, 0.05) is 16.8 Å². The molecule has 0 fully saturated rings. The number of oxazole rings is 1. The van der Waals surface area contributed by atoms with Crippen molar-refractivity contribution in [3.05, 3.63) is 47.8 Å². The molecular formula is C13H11N3OS2. The molecule has 3 aromatic heterocycles. The Hall–Kier alpha value is -1.79. The summed E-state index contributed by atoms with van der Waals surface area (Å²) in [5.74, 6) is 1.97. The summed E-state index contributed by atoms with van der Waals surface area (Å²) in [6.07, 6.45) is 3.47. The summed E-state index contributed by atoms with van der Waals surface area (Å²) >= 11 is 3.27. The number of thiophene rings is 1. The molecule has 0 radical (unpaired) electrons. The van der Waals surface area contributed by atoms with E-state index >= 15 is 0 Å². The molecule has 0 saturated carbocycles. The number of hydrogen-bond acceptors (Lipinski definition) is 6. The van der Waals surface area contributed by atoms with Crippen LogP contribution < -0.4 is 5.73 Å². The lowest BCUT2D eigenvalue weighted by Crippen LogP contribution is -1.88.